The van der Waals surface area contributed by atoms with Crippen molar-refractivity contribution in [2.45, 2.75) is 26.7 Å². The number of carbonyl (C=O) groups is 1. The van der Waals surface area contributed by atoms with Crippen LogP contribution in [0.1, 0.15) is 26.7 Å². The lowest BCUT2D eigenvalue weighted by Gasteiger charge is -2.18. The van der Waals surface area contributed by atoms with Crippen LogP contribution in [0.15, 0.2) is 24.3 Å². The van der Waals surface area contributed by atoms with E-state index in [9.17, 15) is 4.79 Å². The van der Waals surface area contributed by atoms with Gasteiger partial charge in [-0.25, -0.2) is 0 Å². The molecule has 0 saturated carbocycles. The molecule has 1 N–H and O–H groups in total. The molecule has 1 aromatic rings. The molecule has 1 aromatic carbocycles. The number of aliphatic carboxylic acids is 1. The molecule has 0 spiro atoms. The van der Waals surface area contributed by atoms with Gasteiger partial charge in [-0.15, -0.1) is 0 Å². The SMILES string of the molecule is CC(C)(CCCOc1ccccc1Cl)C(=O)O. The lowest BCUT2D eigenvalue weighted by molar-refractivity contribution is -0.147. The molecule has 0 radical (unpaired) electrons. The first-order valence-corrected chi connectivity index (χ1v) is 5.92. The number of benzene rings is 1. The standard InChI is InChI=1S/C13H17ClO3/c1-13(2,12(15)16)8-5-9-17-11-7-4-3-6-10(11)14/h3-4,6-7H,5,8-9H2,1-2H3,(H,15,16). The first-order chi connectivity index (χ1) is 7.93. The van der Waals surface area contributed by atoms with Crippen LogP contribution in [0.2, 0.25) is 5.02 Å². The second kappa shape index (κ2) is 5.92. The zero-order valence-corrected chi connectivity index (χ0v) is 10.8. The normalized spacial score (nSPS) is 11.2. The molecule has 0 amide bonds. The molecule has 0 aliphatic carbocycles. The number of hydrogen-bond acceptors (Lipinski definition) is 2. The average Bonchev–Trinajstić information content (AvgIpc) is 2.26. The largest absolute Gasteiger partial charge is 0.492 e. The van der Waals surface area contributed by atoms with E-state index in [1.807, 2.05) is 12.1 Å². The predicted octanol–water partition coefficient (Wildman–Crippen LogP) is 3.61. The molecule has 0 aromatic heterocycles. The maximum absolute atomic E-state index is 10.9. The van der Waals surface area contributed by atoms with Crippen LogP contribution in [0.5, 0.6) is 5.75 Å². The van der Waals surface area contributed by atoms with Crippen LogP contribution in [0, 0.1) is 5.41 Å². The van der Waals surface area contributed by atoms with Crippen molar-refractivity contribution >= 4 is 17.6 Å². The monoisotopic (exact) mass is 256 g/mol. The van der Waals surface area contributed by atoms with Gasteiger partial charge in [0.05, 0.1) is 17.0 Å². The smallest absolute Gasteiger partial charge is 0.309 e. The number of hydrogen-bond donors (Lipinski definition) is 1. The van der Waals surface area contributed by atoms with Gasteiger partial charge in [-0.05, 0) is 38.8 Å². The molecule has 1 rings (SSSR count). The number of carboxylic acids is 1. The van der Waals surface area contributed by atoms with Crippen LogP contribution in [-0.2, 0) is 4.79 Å². The molecule has 0 unspecified atom stereocenters. The Hall–Kier alpha value is -1.22. The minimum atomic E-state index is -0.782. The molecule has 17 heavy (non-hydrogen) atoms. The van der Waals surface area contributed by atoms with E-state index in [4.69, 9.17) is 21.4 Å². The second-order valence-electron chi connectivity index (χ2n) is 4.57. The van der Waals surface area contributed by atoms with Crippen molar-refractivity contribution in [3.63, 3.8) is 0 Å². The maximum atomic E-state index is 10.9. The van der Waals surface area contributed by atoms with E-state index in [1.54, 1.807) is 26.0 Å². The summed E-state index contributed by atoms with van der Waals surface area (Å²) in [5.74, 6) is -0.141. The van der Waals surface area contributed by atoms with Gasteiger partial charge in [0.25, 0.3) is 0 Å². The van der Waals surface area contributed by atoms with Crippen molar-refractivity contribution in [1.29, 1.82) is 0 Å². The average molecular weight is 257 g/mol. The summed E-state index contributed by atoms with van der Waals surface area (Å²) in [7, 11) is 0. The first-order valence-electron chi connectivity index (χ1n) is 5.54. The van der Waals surface area contributed by atoms with Gasteiger partial charge in [-0.2, -0.15) is 0 Å². The molecule has 0 aliphatic rings. The van der Waals surface area contributed by atoms with E-state index in [1.165, 1.54) is 0 Å². The molecule has 94 valence electrons. The molecular weight excluding hydrogens is 240 g/mol. The van der Waals surface area contributed by atoms with Gasteiger partial charge in [-0.3, -0.25) is 4.79 Å². The van der Waals surface area contributed by atoms with E-state index < -0.39 is 11.4 Å². The lowest BCUT2D eigenvalue weighted by atomic mass is 9.88. The third kappa shape index (κ3) is 4.27. The third-order valence-corrected chi connectivity index (χ3v) is 2.93. The zero-order valence-electron chi connectivity index (χ0n) is 10.1. The van der Waals surface area contributed by atoms with Crippen molar-refractivity contribution in [2.24, 2.45) is 5.41 Å². The van der Waals surface area contributed by atoms with E-state index >= 15 is 0 Å². The summed E-state index contributed by atoms with van der Waals surface area (Å²) < 4.78 is 5.49. The molecule has 0 aliphatic heterocycles. The van der Waals surface area contributed by atoms with Gasteiger partial charge in [-0.1, -0.05) is 23.7 Å². The summed E-state index contributed by atoms with van der Waals surface area (Å²) in [6, 6.07) is 7.24. The van der Waals surface area contributed by atoms with Crippen LogP contribution in [0.25, 0.3) is 0 Å². The van der Waals surface area contributed by atoms with Crippen molar-refractivity contribution in [3.8, 4) is 5.75 Å². The van der Waals surface area contributed by atoms with Crippen molar-refractivity contribution in [3.05, 3.63) is 29.3 Å². The summed E-state index contributed by atoms with van der Waals surface area (Å²) in [4.78, 5) is 10.9. The molecule has 0 atom stereocenters. The fourth-order valence-electron chi connectivity index (χ4n) is 1.36. The number of halogens is 1. The highest BCUT2D eigenvalue weighted by Gasteiger charge is 2.26. The molecule has 0 fully saturated rings. The molecule has 0 saturated heterocycles. The highest BCUT2D eigenvalue weighted by Crippen LogP contribution is 2.25. The zero-order chi connectivity index (χ0) is 12.9. The third-order valence-electron chi connectivity index (χ3n) is 2.62. The second-order valence-corrected chi connectivity index (χ2v) is 4.98. The van der Waals surface area contributed by atoms with Crippen molar-refractivity contribution < 1.29 is 14.6 Å². The predicted molar refractivity (Wildman–Crippen MR) is 67.6 cm³/mol. The number of carboxylic acid groups (broad SMARTS) is 1. The minimum Gasteiger partial charge on any atom is -0.492 e. The summed E-state index contributed by atoms with van der Waals surface area (Å²) in [5.41, 5.74) is -0.705. The Labute approximate surface area is 106 Å². The Morgan fingerprint density at radius 3 is 2.65 bits per heavy atom. The Balaban J connectivity index is 2.35. The van der Waals surface area contributed by atoms with Crippen LogP contribution in [-0.4, -0.2) is 17.7 Å². The van der Waals surface area contributed by atoms with E-state index in [-0.39, 0.29) is 0 Å². The topological polar surface area (TPSA) is 46.5 Å². The fraction of sp³-hybridized carbons (Fsp3) is 0.462. The number of para-hydroxylation sites is 1. The van der Waals surface area contributed by atoms with Gasteiger partial charge in [0, 0.05) is 0 Å². The molecular formula is C13H17ClO3. The Morgan fingerprint density at radius 1 is 1.41 bits per heavy atom. The van der Waals surface area contributed by atoms with E-state index in [0.29, 0.717) is 30.2 Å². The number of ether oxygens (including phenoxy) is 1. The Morgan fingerprint density at radius 2 is 2.06 bits per heavy atom. The summed E-state index contributed by atoms with van der Waals surface area (Å²) in [6.45, 7) is 3.90. The Bertz CT molecular complexity index is 388. The summed E-state index contributed by atoms with van der Waals surface area (Å²) >= 11 is 5.92. The Kier molecular flexibility index (Phi) is 4.82. The van der Waals surface area contributed by atoms with Crippen LogP contribution in [0.4, 0.5) is 0 Å². The van der Waals surface area contributed by atoms with Gasteiger partial charge in [0.2, 0.25) is 0 Å². The van der Waals surface area contributed by atoms with Gasteiger partial charge in [0.15, 0.2) is 0 Å². The first kappa shape index (κ1) is 13.8. The highest BCUT2D eigenvalue weighted by atomic mass is 35.5. The molecule has 0 heterocycles. The fourth-order valence-corrected chi connectivity index (χ4v) is 1.56. The molecule has 0 bridgehead atoms. The maximum Gasteiger partial charge on any atom is 0.309 e. The van der Waals surface area contributed by atoms with Crippen LogP contribution in [0.3, 0.4) is 0 Å². The van der Waals surface area contributed by atoms with Gasteiger partial charge >= 0.3 is 5.97 Å². The highest BCUT2D eigenvalue weighted by molar-refractivity contribution is 6.32. The minimum absolute atomic E-state index is 0.473. The summed E-state index contributed by atoms with van der Waals surface area (Å²) in [6.07, 6.45) is 1.26. The number of rotatable bonds is 6. The van der Waals surface area contributed by atoms with Crippen molar-refractivity contribution in [1.82, 2.24) is 0 Å². The van der Waals surface area contributed by atoms with Gasteiger partial charge < -0.3 is 9.84 Å². The quantitative estimate of drug-likeness (QED) is 0.791. The van der Waals surface area contributed by atoms with E-state index in [0.717, 1.165) is 0 Å². The van der Waals surface area contributed by atoms with Gasteiger partial charge in [0.1, 0.15) is 5.75 Å². The molecule has 4 heteroatoms. The lowest BCUT2D eigenvalue weighted by Crippen LogP contribution is -2.24. The van der Waals surface area contributed by atoms with Crippen molar-refractivity contribution in [2.75, 3.05) is 6.61 Å². The van der Waals surface area contributed by atoms with E-state index in [2.05, 4.69) is 0 Å². The van der Waals surface area contributed by atoms with Crippen LogP contribution >= 0.6 is 11.6 Å². The summed E-state index contributed by atoms with van der Waals surface area (Å²) in [5, 5.41) is 9.51. The molecule has 3 nitrogen and oxygen atoms in total. The van der Waals surface area contributed by atoms with Crippen LogP contribution < -0.4 is 4.74 Å².